The summed E-state index contributed by atoms with van der Waals surface area (Å²) in [7, 11) is 6.17. The van der Waals surface area contributed by atoms with Crippen molar-refractivity contribution in [2.75, 3.05) is 75.9 Å². The van der Waals surface area contributed by atoms with Gasteiger partial charge in [0.2, 0.25) is 0 Å². The number of anilines is 4. The smallest absolute Gasteiger partial charge is 0.134 e. The number of nitrogens with two attached hydrogens (primary N) is 1. The molecular formula is C26H36N8. The lowest BCUT2D eigenvalue weighted by Gasteiger charge is -2.36. The maximum Gasteiger partial charge on any atom is 0.134 e. The van der Waals surface area contributed by atoms with Gasteiger partial charge in [0.15, 0.2) is 0 Å². The van der Waals surface area contributed by atoms with Gasteiger partial charge < -0.3 is 26.2 Å². The molecule has 4 N–H and O–H groups in total. The van der Waals surface area contributed by atoms with Crippen LogP contribution in [-0.4, -0.2) is 80.2 Å². The highest BCUT2D eigenvalue weighted by Gasteiger charge is 2.17. The van der Waals surface area contributed by atoms with Gasteiger partial charge in [0.25, 0.3) is 0 Å². The van der Waals surface area contributed by atoms with Crippen LogP contribution >= 0.6 is 0 Å². The highest BCUT2D eigenvalue weighted by Crippen LogP contribution is 2.27. The van der Waals surface area contributed by atoms with Crippen LogP contribution in [0.15, 0.2) is 54.9 Å². The minimum Gasteiger partial charge on any atom is -0.388 e. The number of hydrogen-bond donors (Lipinski definition) is 3. The van der Waals surface area contributed by atoms with E-state index in [1.807, 2.05) is 25.2 Å². The Morgan fingerprint density at radius 3 is 2.41 bits per heavy atom. The number of hydrogen-bond acceptors (Lipinski definition) is 8. The molecular weight excluding hydrogens is 424 g/mol. The highest BCUT2D eigenvalue weighted by atomic mass is 15.3. The maximum atomic E-state index is 5.83. The molecule has 34 heavy (non-hydrogen) atoms. The molecule has 1 aromatic heterocycles. The van der Waals surface area contributed by atoms with Gasteiger partial charge in [-0.05, 0) is 50.0 Å². The van der Waals surface area contributed by atoms with Crippen molar-refractivity contribution in [2.45, 2.75) is 6.54 Å². The van der Waals surface area contributed by atoms with Crippen LogP contribution < -0.4 is 21.3 Å². The Balaban J connectivity index is 1.38. The topological polar surface area (TPSA) is 85.6 Å². The first-order valence-corrected chi connectivity index (χ1v) is 11.9. The number of piperazine rings is 1. The van der Waals surface area contributed by atoms with Gasteiger partial charge >= 0.3 is 0 Å². The molecule has 0 unspecified atom stereocenters. The fourth-order valence-corrected chi connectivity index (χ4v) is 4.20. The van der Waals surface area contributed by atoms with Crippen LogP contribution in [0.3, 0.4) is 0 Å². The quantitative estimate of drug-likeness (QED) is 0.449. The molecule has 0 bridgehead atoms. The lowest BCUT2D eigenvalue weighted by Crippen LogP contribution is -2.48. The number of likely N-dealkylation sites (N-methyl/N-ethyl adjacent to an activating group) is 1. The fraction of sp³-hybridized carbons (Fsp3) is 0.385. The normalized spacial score (nSPS) is 14.4. The van der Waals surface area contributed by atoms with E-state index < -0.39 is 0 Å². The van der Waals surface area contributed by atoms with Crippen LogP contribution in [-0.2, 0) is 6.54 Å². The van der Waals surface area contributed by atoms with Gasteiger partial charge in [0, 0.05) is 81.6 Å². The number of nitrogens with zero attached hydrogens (tertiary/aromatic N) is 5. The summed E-state index contributed by atoms with van der Waals surface area (Å²) in [4.78, 5) is 16.1. The van der Waals surface area contributed by atoms with Crippen LogP contribution in [0.1, 0.15) is 5.56 Å². The van der Waals surface area contributed by atoms with E-state index in [9.17, 15) is 0 Å². The van der Waals surface area contributed by atoms with Crippen molar-refractivity contribution < 1.29 is 0 Å². The van der Waals surface area contributed by atoms with Gasteiger partial charge in [-0.25, -0.2) is 9.97 Å². The van der Waals surface area contributed by atoms with E-state index in [0.29, 0.717) is 6.54 Å². The second kappa shape index (κ2) is 11.3. The van der Waals surface area contributed by atoms with Gasteiger partial charge in [-0.3, -0.25) is 4.90 Å². The van der Waals surface area contributed by atoms with E-state index in [4.69, 9.17) is 5.73 Å². The van der Waals surface area contributed by atoms with E-state index >= 15 is 0 Å². The van der Waals surface area contributed by atoms with Gasteiger partial charge in [-0.1, -0.05) is 12.1 Å². The average molecular weight is 461 g/mol. The van der Waals surface area contributed by atoms with Crippen LogP contribution in [0.25, 0.3) is 11.3 Å². The highest BCUT2D eigenvalue weighted by molar-refractivity contribution is 5.70. The number of aromatic nitrogens is 2. The Bertz CT molecular complexity index is 1060. The van der Waals surface area contributed by atoms with Crippen LogP contribution in [0.4, 0.5) is 22.9 Å². The summed E-state index contributed by atoms with van der Waals surface area (Å²) >= 11 is 0. The number of nitrogens with one attached hydrogen (secondary N) is 2. The first-order valence-electron chi connectivity index (χ1n) is 11.9. The van der Waals surface area contributed by atoms with Crippen molar-refractivity contribution in [2.24, 2.45) is 5.73 Å². The molecule has 0 aliphatic carbocycles. The third-order valence-corrected chi connectivity index (χ3v) is 6.30. The molecule has 180 valence electrons. The van der Waals surface area contributed by atoms with E-state index in [1.54, 1.807) is 6.33 Å². The SMILES string of the molecule is CNc1cc(-c2cc(Nc3ccc(N4CCN(CCN(C)C)CC4)cc3)ncn2)ccc1CN. The first kappa shape index (κ1) is 23.9. The predicted molar refractivity (Wildman–Crippen MR) is 142 cm³/mol. The number of benzene rings is 2. The van der Waals surface area contributed by atoms with E-state index in [1.165, 1.54) is 5.69 Å². The Hall–Kier alpha value is -3.20. The van der Waals surface area contributed by atoms with Crippen molar-refractivity contribution in [3.63, 3.8) is 0 Å². The minimum absolute atomic E-state index is 0.495. The largest absolute Gasteiger partial charge is 0.388 e. The zero-order chi connectivity index (χ0) is 23.9. The molecule has 8 heteroatoms. The molecule has 1 saturated heterocycles. The molecule has 2 aromatic carbocycles. The summed E-state index contributed by atoms with van der Waals surface area (Å²) in [6.07, 6.45) is 1.59. The molecule has 0 amide bonds. The van der Waals surface area contributed by atoms with Crippen LogP contribution in [0.5, 0.6) is 0 Å². The standard InChI is InChI=1S/C26H36N8/c1-28-24-16-20(4-5-21(24)18-27)25-17-26(30-19-29-25)31-22-6-8-23(9-7-22)34-14-12-33(13-15-34)11-10-32(2)3/h4-9,16-17,19,28H,10-15,18,27H2,1-3H3,(H,29,30,31). The molecule has 0 spiro atoms. The Kier molecular flexibility index (Phi) is 7.95. The van der Waals surface area contributed by atoms with Crippen LogP contribution in [0, 0.1) is 0 Å². The van der Waals surface area contributed by atoms with Crippen LogP contribution in [0.2, 0.25) is 0 Å². The van der Waals surface area contributed by atoms with Gasteiger partial charge in [-0.15, -0.1) is 0 Å². The third kappa shape index (κ3) is 6.02. The minimum atomic E-state index is 0.495. The average Bonchev–Trinajstić information content (AvgIpc) is 2.88. The van der Waals surface area contributed by atoms with E-state index in [-0.39, 0.29) is 0 Å². The summed E-state index contributed by atoms with van der Waals surface area (Å²) in [6, 6.07) is 16.7. The molecule has 0 radical (unpaired) electrons. The Morgan fingerprint density at radius 1 is 0.971 bits per heavy atom. The second-order valence-electron chi connectivity index (χ2n) is 8.92. The molecule has 0 saturated carbocycles. The Labute approximate surface area is 202 Å². The fourth-order valence-electron chi connectivity index (χ4n) is 4.20. The number of rotatable bonds is 9. The predicted octanol–water partition coefficient (Wildman–Crippen LogP) is 3.07. The molecule has 2 heterocycles. The molecule has 1 fully saturated rings. The second-order valence-corrected chi connectivity index (χ2v) is 8.92. The Morgan fingerprint density at radius 2 is 1.74 bits per heavy atom. The molecule has 8 nitrogen and oxygen atoms in total. The summed E-state index contributed by atoms with van der Waals surface area (Å²) < 4.78 is 0. The van der Waals surface area contributed by atoms with Gasteiger partial charge in [0.05, 0.1) is 5.69 Å². The summed E-state index contributed by atoms with van der Waals surface area (Å²) in [5, 5.41) is 6.62. The van der Waals surface area contributed by atoms with E-state index in [2.05, 4.69) is 79.7 Å². The lowest BCUT2D eigenvalue weighted by molar-refractivity contribution is 0.229. The maximum absolute atomic E-state index is 5.83. The third-order valence-electron chi connectivity index (χ3n) is 6.30. The molecule has 0 atom stereocenters. The zero-order valence-electron chi connectivity index (χ0n) is 20.5. The van der Waals surface area contributed by atoms with Crippen molar-refractivity contribution in [3.8, 4) is 11.3 Å². The first-order chi connectivity index (χ1) is 16.6. The van der Waals surface area contributed by atoms with Crippen molar-refractivity contribution >= 4 is 22.9 Å². The lowest BCUT2D eigenvalue weighted by atomic mass is 10.1. The summed E-state index contributed by atoms with van der Waals surface area (Å²) in [5.74, 6) is 0.765. The van der Waals surface area contributed by atoms with Crippen molar-refractivity contribution in [3.05, 3.63) is 60.4 Å². The van der Waals surface area contributed by atoms with E-state index in [0.717, 1.165) is 73.3 Å². The molecule has 3 aromatic rings. The van der Waals surface area contributed by atoms with Gasteiger partial charge in [0.1, 0.15) is 12.1 Å². The summed E-state index contributed by atoms with van der Waals surface area (Å²) in [6.45, 7) is 7.09. The van der Waals surface area contributed by atoms with Crippen molar-refractivity contribution in [1.29, 1.82) is 0 Å². The summed E-state index contributed by atoms with van der Waals surface area (Å²) in [5.41, 5.74) is 12.1. The monoisotopic (exact) mass is 460 g/mol. The molecule has 1 aliphatic heterocycles. The molecule has 4 rings (SSSR count). The van der Waals surface area contributed by atoms with Gasteiger partial charge in [-0.2, -0.15) is 0 Å². The zero-order valence-corrected chi connectivity index (χ0v) is 20.5. The van der Waals surface area contributed by atoms with Crippen molar-refractivity contribution in [1.82, 2.24) is 19.8 Å². The molecule has 1 aliphatic rings.